The van der Waals surface area contributed by atoms with Crippen LogP contribution in [0.3, 0.4) is 0 Å². The first-order valence-electron chi connectivity index (χ1n) is 5.80. The number of hydrogen-bond acceptors (Lipinski definition) is 2. The molecular formula is C11H22N2. The molecule has 2 atom stereocenters. The van der Waals surface area contributed by atoms with Crippen molar-refractivity contribution in [2.24, 2.45) is 5.92 Å². The summed E-state index contributed by atoms with van der Waals surface area (Å²) in [6, 6.07) is 0. The van der Waals surface area contributed by atoms with Gasteiger partial charge < -0.3 is 10.6 Å². The zero-order valence-electron chi connectivity index (χ0n) is 8.73. The van der Waals surface area contributed by atoms with E-state index in [4.69, 9.17) is 0 Å². The standard InChI is InChI=1S/C11H22N2/c1-2-11(5-3-6-13-11)8-10-4-7-12-9-10/h10,12-13H,2-9H2,1H3. The molecule has 2 heterocycles. The fourth-order valence-electron chi connectivity index (χ4n) is 2.93. The maximum atomic E-state index is 3.72. The Morgan fingerprint density at radius 1 is 1.38 bits per heavy atom. The zero-order valence-corrected chi connectivity index (χ0v) is 8.73. The summed E-state index contributed by atoms with van der Waals surface area (Å²) in [5.74, 6) is 0.936. The first-order valence-corrected chi connectivity index (χ1v) is 5.80. The molecule has 2 nitrogen and oxygen atoms in total. The van der Waals surface area contributed by atoms with Crippen LogP contribution in [-0.4, -0.2) is 25.2 Å². The van der Waals surface area contributed by atoms with Crippen molar-refractivity contribution in [3.8, 4) is 0 Å². The highest BCUT2D eigenvalue weighted by molar-refractivity contribution is 4.94. The fourth-order valence-corrected chi connectivity index (χ4v) is 2.93. The molecule has 2 N–H and O–H groups in total. The average molecular weight is 182 g/mol. The smallest absolute Gasteiger partial charge is 0.0182 e. The Hall–Kier alpha value is -0.0800. The number of hydrogen-bond donors (Lipinski definition) is 2. The highest BCUT2D eigenvalue weighted by Gasteiger charge is 2.34. The summed E-state index contributed by atoms with van der Waals surface area (Å²) < 4.78 is 0. The summed E-state index contributed by atoms with van der Waals surface area (Å²) >= 11 is 0. The molecule has 76 valence electrons. The molecule has 0 amide bonds. The molecule has 2 aliphatic heterocycles. The van der Waals surface area contributed by atoms with E-state index < -0.39 is 0 Å². The van der Waals surface area contributed by atoms with Crippen LogP contribution in [0.15, 0.2) is 0 Å². The number of rotatable bonds is 3. The van der Waals surface area contributed by atoms with E-state index in [0.717, 1.165) is 5.92 Å². The third-order valence-electron chi connectivity index (χ3n) is 3.85. The van der Waals surface area contributed by atoms with Crippen molar-refractivity contribution in [3.05, 3.63) is 0 Å². The van der Waals surface area contributed by atoms with Crippen molar-refractivity contribution in [2.75, 3.05) is 19.6 Å². The Bertz CT molecular complexity index is 155. The second-order valence-electron chi connectivity index (χ2n) is 4.73. The highest BCUT2D eigenvalue weighted by atomic mass is 15.0. The minimum atomic E-state index is 0.511. The van der Waals surface area contributed by atoms with Crippen molar-refractivity contribution in [2.45, 2.75) is 44.6 Å². The van der Waals surface area contributed by atoms with Crippen LogP contribution in [0.5, 0.6) is 0 Å². The topological polar surface area (TPSA) is 24.1 Å². The lowest BCUT2D eigenvalue weighted by atomic mass is 9.83. The number of nitrogens with one attached hydrogen (secondary N) is 2. The lowest BCUT2D eigenvalue weighted by molar-refractivity contribution is 0.284. The van der Waals surface area contributed by atoms with Crippen molar-refractivity contribution < 1.29 is 0 Å². The van der Waals surface area contributed by atoms with Gasteiger partial charge in [0.1, 0.15) is 0 Å². The van der Waals surface area contributed by atoms with Crippen molar-refractivity contribution in [1.29, 1.82) is 0 Å². The summed E-state index contributed by atoms with van der Waals surface area (Å²) in [7, 11) is 0. The van der Waals surface area contributed by atoms with Gasteiger partial charge in [0.05, 0.1) is 0 Å². The Labute approximate surface area is 81.5 Å². The normalized spacial score (nSPS) is 39.9. The molecule has 0 spiro atoms. The van der Waals surface area contributed by atoms with Gasteiger partial charge in [0.15, 0.2) is 0 Å². The lowest BCUT2D eigenvalue weighted by Crippen LogP contribution is -2.41. The van der Waals surface area contributed by atoms with Crippen molar-refractivity contribution in [1.82, 2.24) is 10.6 Å². The van der Waals surface area contributed by atoms with Crippen molar-refractivity contribution in [3.63, 3.8) is 0 Å². The molecule has 0 aliphatic carbocycles. The fraction of sp³-hybridized carbons (Fsp3) is 1.00. The molecule has 2 aliphatic rings. The summed E-state index contributed by atoms with van der Waals surface area (Å²) in [4.78, 5) is 0. The molecule has 0 aromatic heterocycles. The maximum absolute atomic E-state index is 3.72. The van der Waals surface area contributed by atoms with Crippen LogP contribution in [0.25, 0.3) is 0 Å². The molecule has 2 unspecified atom stereocenters. The molecule has 0 saturated carbocycles. The molecule has 13 heavy (non-hydrogen) atoms. The monoisotopic (exact) mass is 182 g/mol. The van der Waals surface area contributed by atoms with E-state index in [1.807, 2.05) is 0 Å². The third kappa shape index (κ3) is 2.05. The van der Waals surface area contributed by atoms with E-state index in [9.17, 15) is 0 Å². The predicted molar refractivity (Wildman–Crippen MR) is 55.9 cm³/mol. The minimum absolute atomic E-state index is 0.511. The summed E-state index contributed by atoms with van der Waals surface area (Å²) in [6.07, 6.45) is 6.89. The van der Waals surface area contributed by atoms with Gasteiger partial charge in [-0.15, -0.1) is 0 Å². The van der Waals surface area contributed by atoms with E-state index in [1.165, 1.54) is 51.7 Å². The van der Waals surface area contributed by atoms with E-state index >= 15 is 0 Å². The van der Waals surface area contributed by atoms with Gasteiger partial charge in [-0.25, -0.2) is 0 Å². The van der Waals surface area contributed by atoms with Crippen LogP contribution in [-0.2, 0) is 0 Å². The maximum Gasteiger partial charge on any atom is 0.0182 e. The molecule has 2 rings (SSSR count). The molecule has 2 fully saturated rings. The summed E-state index contributed by atoms with van der Waals surface area (Å²) in [6.45, 7) is 6.07. The first-order chi connectivity index (χ1) is 6.35. The molecule has 0 radical (unpaired) electrons. The molecule has 2 saturated heterocycles. The Morgan fingerprint density at radius 3 is 2.85 bits per heavy atom. The van der Waals surface area contributed by atoms with Gasteiger partial charge >= 0.3 is 0 Å². The molecule has 0 aromatic rings. The van der Waals surface area contributed by atoms with Crippen LogP contribution >= 0.6 is 0 Å². The van der Waals surface area contributed by atoms with Gasteiger partial charge in [-0.05, 0) is 57.7 Å². The average Bonchev–Trinajstić information content (AvgIpc) is 2.77. The molecule has 0 bridgehead atoms. The molecular weight excluding hydrogens is 160 g/mol. The van der Waals surface area contributed by atoms with Crippen molar-refractivity contribution >= 4 is 0 Å². The Morgan fingerprint density at radius 2 is 2.31 bits per heavy atom. The quantitative estimate of drug-likeness (QED) is 0.691. The van der Waals surface area contributed by atoms with E-state index in [2.05, 4.69) is 17.6 Å². The van der Waals surface area contributed by atoms with Gasteiger partial charge in [0.2, 0.25) is 0 Å². The SMILES string of the molecule is CCC1(CC2CCNC2)CCCN1. The third-order valence-corrected chi connectivity index (χ3v) is 3.85. The van der Waals surface area contributed by atoms with Gasteiger partial charge in [-0.2, -0.15) is 0 Å². The first kappa shape index (κ1) is 9.47. The molecule has 2 heteroatoms. The second-order valence-corrected chi connectivity index (χ2v) is 4.73. The van der Waals surface area contributed by atoms with E-state index in [0.29, 0.717) is 5.54 Å². The largest absolute Gasteiger partial charge is 0.316 e. The molecule has 0 aromatic carbocycles. The summed E-state index contributed by atoms with van der Waals surface area (Å²) in [5, 5.41) is 7.18. The Kier molecular flexibility index (Phi) is 2.89. The van der Waals surface area contributed by atoms with Gasteiger partial charge in [-0.3, -0.25) is 0 Å². The predicted octanol–water partition coefficient (Wildman–Crippen LogP) is 1.52. The van der Waals surface area contributed by atoms with E-state index in [1.54, 1.807) is 0 Å². The lowest BCUT2D eigenvalue weighted by Gasteiger charge is -2.30. The van der Waals surface area contributed by atoms with Gasteiger partial charge in [-0.1, -0.05) is 6.92 Å². The van der Waals surface area contributed by atoms with Crippen LogP contribution in [0.1, 0.15) is 39.0 Å². The Balaban J connectivity index is 1.88. The van der Waals surface area contributed by atoms with Crippen LogP contribution in [0.2, 0.25) is 0 Å². The van der Waals surface area contributed by atoms with Gasteiger partial charge in [0, 0.05) is 5.54 Å². The highest BCUT2D eigenvalue weighted by Crippen LogP contribution is 2.31. The second kappa shape index (κ2) is 3.97. The van der Waals surface area contributed by atoms with Crippen LogP contribution in [0, 0.1) is 5.92 Å². The van der Waals surface area contributed by atoms with Crippen LogP contribution in [0.4, 0.5) is 0 Å². The zero-order chi connectivity index (χ0) is 9.15. The minimum Gasteiger partial charge on any atom is -0.316 e. The van der Waals surface area contributed by atoms with Crippen LogP contribution < -0.4 is 10.6 Å². The van der Waals surface area contributed by atoms with E-state index in [-0.39, 0.29) is 0 Å². The van der Waals surface area contributed by atoms with Gasteiger partial charge in [0.25, 0.3) is 0 Å². The summed E-state index contributed by atoms with van der Waals surface area (Å²) in [5.41, 5.74) is 0.511.